The predicted octanol–water partition coefficient (Wildman–Crippen LogP) is -0.399. The van der Waals surface area contributed by atoms with Crippen LogP contribution in [-0.4, -0.2) is 23.9 Å². The number of rotatable bonds is 2. The zero-order valence-electron chi connectivity index (χ0n) is 7.21. The van der Waals surface area contributed by atoms with Gasteiger partial charge in [-0.3, -0.25) is 19.7 Å². The van der Waals surface area contributed by atoms with E-state index in [4.69, 9.17) is 0 Å². The molecular weight excluding hydrogens is 162 g/mol. The fraction of sp³-hybridized carbons (Fsp3) is 0.571. The van der Waals surface area contributed by atoms with Crippen LogP contribution >= 0.6 is 0 Å². The summed E-state index contributed by atoms with van der Waals surface area (Å²) >= 11 is 0. The lowest BCUT2D eigenvalue weighted by atomic mass is 10.4. The molecule has 0 saturated carbocycles. The molecule has 0 aliphatic carbocycles. The third-order valence-electron chi connectivity index (χ3n) is 1.01. The molecule has 2 amide bonds. The first-order valence-corrected chi connectivity index (χ1v) is 3.42. The molecule has 0 heterocycles. The summed E-state index contributed by atoms with van der Waals surface area (Å²) in [4.78, 5) is 31.6. The zero-order valence-corrected chi connectivity index (χ0v) is 7.21. The van der Waals surface area contributed by atoms with E-state index in [1.54, 1.807) is 0 Å². The van der Waals surface area contributed by atoms with Crippen LogP contribution in [0.4, 0.5) is 0 Å². The van der Waals surface area contributed by atoms with Crippen molar-refractivity contribution in [2.24, 2.45) is 0 Å². The third kappa shape index (κ3) is 4.43. The second-order valence-corrected chi connectivity index (χ2v) is 2.30. The Bertz CT molecular complexity index is 211. The van der Waals surface area contributed by atoms with Crippen LogP contribution in [0.15, 0.2) is 0 Å². The highest BCUT2D eigenvalue weighted by Crippen LogP contribution is 1.90. The maximum absolute atomic E-state index is 10.9. The van der Waals surface area contributed by atoms with Crippen LogP contribution in [0.25, 0.3) is 0 Å². The van der Waals surface area contributed by atoms with Gasteiger partial charge in [0.1, 0.15) is 0 Å². The quantitative estimate of drug-likeness (QED) is 0.577. The van der Waals surface area contributed by atoms with E-state index < -0.39 is 23.9 Å². The molecule has 68 valence electrons. The van der Waals surface area contributed by atoms with E-state index in [2.05, 4.69) is 4.74 Å². The van der Waals surface area contributed by atoms with Gasteiger partial charge in [0, 0.05) is 13.8 Å². The number of carbonyl (C=O) groups excluding carboxylic acids is 3. The molecule has 0 rings (SSSR count). The molecule has 0 aliphatic rings. The number of ether oxygens (including phenoxy) is 1. The van der Waals surface area contributed by atoms with Gasteiger partial charge in [0.15, 0.2) is 6.10 Å². The number of amides is 2. The lowest BCUT2D eigenvalue weighted by Gasteiger charge is -2.09. The van der Waals surface area contributed by atoms with E-state index in [-0.39, 0.29) is 0 Å². The molecule has 0 aliphatic heterocycles. The van der Waals surface area contributed by atoms with Crippen molar-refractivity contribution >= 4 is 17.8 Å². The van der Waals surface area contributed by atoms with Gasteiger partial charge in [0.2, 0.25) is 5.91 Å². The predicted molar refractivity (Wildman–Crippen MR) is 40.1 cm³/mol. The molecule has 0 spiro atoms. The number of imide groups is 1. The normalized spacial score (nSPS) is 11.6. The monoisotopic (exact) mass is 173 g/mol. The van der Waals surface area contributed by atoms with Crippen molar-refractivity contribution in [2.45, 2.75) is 26.9 Å². The van der Waals surface area contributed by atoms with E-state index in [1.807, 2.05) is 5.32 Å². The Morgan fingerprint density at radius 1 is 1.25 bits per heavy atom. The highest BCUT2D eigenvalue weighted by Gasteiger charge is 2.15. The van der Waals surface area contributed by atoms with Crippen molar-refractivity contribution < 1.29 is 19.1 Å². The molecule has 0 bridgehead atoms. The summed E-state index contributed by atoms with van der Waals surface area (Å²) < 4.78 is 4.51. The molecule has 1 unspecified atom stereocenters. The first kappa shape index (κ1) is 10.6. The summed E-state index contributed by atoms with van der Waals surface area (Å²) in [6, 6.07) is 0. The first-order valence-electron chi connectivity index (χ1n) is 3.42. The Kier molecular flexibility index (Phi) is 3.96. The fourth-order valence-electron chi connectivity index (χ4n) is 0.578. The van der Waals surface area contributed by atoms with E-state index in [0.29, 0.717) is 0 Å². The number of carbonyl (C=O) groups is 3. The van der Waals surface area contributed by atoms with Gasteiger partial charge in [0.25, 0.3) is 5.91 Å². The molecular formula is C7H11NO4. The molecule has 5 nitrogen and oxygen atoms in total. The van der Waals surface area contributed by atoms with Crippen LogP contribution in [0.3, 0.4) is 0 Å². The van der Waals surface area contributed by atoms with Gasteiger partial charge >= 0.3 is 5.97 Å². The Labute approximate surface area is 70.1 Å². The van der Waals surface area contributed by atoms with Crippen LogP contribution in [-0.2, 0) is 19.1 Å². The lowest BCUT2D eigenvalue weighted by molar-refractivity contribution is -0.153. The number of esters is 1. The van der Waals surface area contributed by atoms with Crippen molar-refractivity contribution in [3.63, 3.8) is 0 Å². The molecule has 5 heteroatoms. The van der Waals surface area contributed by atoms with Crippen molar-refractivity contribution in [3.05, 3.63) is 0 Å². The van der Waals surface area contributed by atoms with Gasteiger partial charge in [-0.05, 0) is 6.92 Å². The Hall–Kier alpha value is -1.39. The van der Waals surface area contributed by atoms with Crippen LogP contribution in [0.1, 0.15) is 20.8 Å². The maximum atomic E-state index is 10.9. The molecule has 0 fully saturated rings. The molecule has 0 aromatic carbocycles. The number of hydrogen-bond donors (Lipinski definition) is 1. The minimum absolute atomic E-state index is 0.473. The summed E-state index contributed by atoms with van der Waals surface area (Å²) in [6.07, 6.45) is -0.925. The minimum atomic E-state index is -0.925. The molecule has 0 radical (unpaired) electrons. The topological polar surface area (TPSA) is 72.5 Å². The van der Waals surface area contributed by atoms with Crippen LogP contribution in [0.5, 0.6) is 0 Å². The number of nitrogens with one attached hydrogen (secondary N) is 1. The smallest absolute Gasteiger partial charge is 0.303 e. The maximum Gasteiger partial charge on any atom is 0.303 e. The van der Waals surface area contributed by atoms with Crippen LogP contribution in [0.2, 0.25) is 0 Å². The lowest BCUT2D eigenvalue weighted by Crippen LogP contribution is -2.37. The van der Waals surface area contributed by atoms with Gasteiger partial charge in [-0.1, -0.05) is 0 Å². The molecule has 1 atom stereocenters. The standard InChI is InChI=1S/C7H11NO4/c1-4(12-6(3)10)7(11)8-5(2)9/h4H,1-3H3,(H,8,9,11). The Balaban J connectivity index is 3.93. The van der Waals surface area contributed by atoms with Crippen molar-refractivity contribution in [3.8, 4) is 0 Å². The van der Waals surface area contributed by atoms with E-state index in [1.165, 1.54) is 20.8 Å². The number of hydrogen-bond acceptors (Lipinski definition) is 4. The van der Waals surface area contributed by atoms with E-state index in [9.17, 15) is 14.4 Å². The highest BCUT2D eigenvalue weighted by molar-refractivity contribution is 5.96. The first-order chi connectivity index (χ1) is 5.43. The zero-order chi connectivity index (χ0) is 9.72. The summed E-state index contributed by atoms with van der Waals surface area (Å²) in [5.41, 5.74) is 0. The average Bonchev–Trinajstić information content (AvgIpc) is 1.84. The van der Waals surface area contributed by atoms with Crippen molar-refractivity contribution in [1.29, 1.82) is 0 Å². The molecule has 12 heavy (non-hydrogen) atoms. The van der Waals surface area contributed by atoms with Crippen LogP contribution < -0.4 is 5.32 Å². The fourth-order valence-corrected chi connectivity index (χ4v) is 0.578. The van der Waals surface area contributed by atoms with Gasteiger partial charge in [0.05, 0.1) is 0 Å². The van der Waals surface area contributed by atoms with Crippen molar-refractivity contribution in [1.82, 2.24) is 5.32 Å². The highest BCUT2D eigenvalue weighted by atomic mass is 16.5. The second-order valence-electron chi connectivity index (χ2n) is 2.30. The minimum Gasteiger partial charge on any atom is -0.453 e. The van der Waals surface area contributed by atoms with Gasteiger partial charge in [-0.25, -0.2) is 0 Å². The summed E-state index contributed by atoms with van der Waals surface area (Å²) in [6.45, 7) is 3.79. The summed E-state index contributed by atoms with van der Waals surface area (Å²) in [5, 5.41) is 1.99. The average molecular weight is 173 g/mol. The van der Waals surface area contributed by atoms with Gasteiger partial charge in [-0.2, -0.15) is 0 Å². The molecule has 0 aromatic heterocycles. The largest absolute Gasteiger partial charge is 0.453 e. The summed E-state index contributed by atoms with van der Waals surface area (Å²) in [7, 11) is 0. The van der Waals surface area contributed by atoms with Gasteiger partial charge in [-0.15, -0.1) is 0 Å². The van der Waals surface area contributed by atoms with Gasteiger partial charge < -0.3 is 4.74 Å². The van der Waals surface area contributed by atoms with Crippen LogP contribution in [0, 0.1) is 0 Å². The van der Waals surface area contributed by atoms with Crippen molar-refractivity contribution in [2.75, 3.05) is 0 Å². The Morgan fingerprint density at radius 2 is 1.75 bits per heavy atom. The third-order valence-corrected chi connectivity index (χ3v) is 1.01. The molecule has 0 aromatic rings. The SMILES string of the molecule is CC(=O)NC(=O)C(C)OC(C)=O. The van der Waals surface area contributed by atoms with E-state index >= 15 is 0 Å². The second kappa shape index (κ2) is 4.48. The molecule has 1 N–H and O–H groups in total. The Morgan fingerprint density at radius 3 is 2.08 bits per heavy atom. The molecule has 0 saturated heterocycles. The summed E-state index contributed by atoms with van der Waals surface area (Å²) in [5.74, 6) is -1.64. The van der Waals surface area contributed by atoms with E-state index in [0.717, 1.165) is 0 Å².